The fraction of sp³-hybridized carbons (Fsp3) is 0.381. The summed E-state index contributed by atoms with van der Waals surface area (Å²) in [7, 11) is -3.41. The summed E-state index contributed by atoms with van der Waals surface area (Å²) in [6.45, 7) is 1.84. The number of sulfonamides is 1. The first-order valence-electron chi connectivity index (χ1n) is 9.78. The van der Waals surface area contributed by atoms with Gasteiger partial charge in [-0.1, -0.05) is 29.8 Å². The van der Waals surface area contributed by atoms with Crippen LogP contribution in [-0.4, -0.2) is 50.6 Å². The van der Waals surface area contributed by atoms with Crippen molar-refractivity contribution < 1.29 is 17.9 Å². The van der Waals surface area contributed by atoms with Crippen LogP contribution in [0.15, 0.2) is 53.4 Å². The Hall–Kier alpha value is -1.74. The first-order chi connectivity index (χ1) is 14.5. The predicted molar refractivity (Wildman–Crippen MR) is 121 cm³/mol. The standard InChI is InChI=1S/C21H25ClN2O4S2/c22-20-6-2-1-5-17(20)15-29-16-21(25)23-11-14-28-18-7-9-19(10-8-18)30(26,27)24-12-3-4-13-24/h1-2,5-10H,3-4,11-16H2,(H,23,25). The molecule has 0 spiro atoms. The number of halogens is 1. The van der Waals surface area contributed by atoms with Gasteiger partial charge in [0.25, 0.3) is 0 Å². The number of nitrogens with zero attached hydrogens (tertiary/aromatic N) is 1. The maximum Gasteiger partial charge on any atom is 0.243 e. The van der Waals surface area contributed by atoms with E-state index in [2.05, 4.69) is 5.32 Å². The minimum Gasteiger partial charge on any atom is -0.492 e. The third-order valence-electron chi connectivity index (χ3n) is 4.67. The molecule has 30 heavy (non-hydrogen) atoms. The molecule has 1 aliphatic rings. The lowest BCUT2D eigenvalue weighted by atomic mass is 10.2. The molecule has 1 heterocycles. The van der Waals surface area contributed by atoms with Gasteiger partial charge in [0.2, 0.25) is 15.9 Å². The molecule has 1 saturated heterocycles. The Morgan fingerprint density at radius 2 is 1.80 bits per heavy atom. The lowest BCUT2D eigenvalue weighted by molar-refractivity contribution is -0.118. The van der Waals surface area contributed by atoms with Crippen LogP contribution in [-0.2, 0) is 20.6 Å². The zero-order valence-corrected chi connectivity index (χ0v) is 18.9. The van der Waals surface area contributed by atoms with Crippen LogP contribution in [0.3, 0.4) is 0 Å². The number of nitrogens with one attached hydrogen (secondary N) is 1. The monoisotopic (exact) mass is 468 g/mol. The second kappa shape index (κ2) is 11.0. The topological polar surface area (TPSA) is 75.7 Å². The molecule has 1 amide bonds. The zero-order valence-electron chi connectivity index (χ0n) is 16.6. The van der Waals surface area contributed by atoms with Crippen LogP contribution in [0.1, 0.15) is 18.4 Å². The summed E-state index contributed by atoms with van der Waals surface area (Å²) >= 11 is 7.60. The molecular formula is C21H25ClN2O4S2. The summed E-state index contributed by atoms with van der Waals surface area (Å²) in [6.07, 6.45) is 1.81. The molecule has 2 aromatic rings. The Morgan fingerprint density at radius 3 is 2.50 bits per heavy atom. The van der Waals surface area contributed by atoms with Gasteiger partial charge in [-0.05, 0) is 48.7 Å². The quantitative estimate of drug-likeness (QED) is 0.539. The first kappa shape index (κ1) is 22.9. The second-order valence-electron chi connectivity index (χ2n) is 6.87. The van der Waals surface area contributed by atoms with Crippen molar-refractivity contribution in [3.63, 3.8) is 0 Å². The van der Waals surface area contributed by atoms with Gasteiger partial charge >= 0.3 is 0 Å². The summed E-state index contributed by atoms with van der Waals surface area (Å²) in [4.78, 5) is 12.2. The fourth-order valence-electron chi connectivity index (χ4n) is 3.06. The van der Waals surface area contributed by atoms with Crippen LogP contribution in [0.2, 0.25) is 5.02 Å². The molecule has 0 unspecified atom stereocenters. The van der Waals surface area contributed by atoms with E-state index < -0.39 is 10.0 Å². The average molecular weight is 469 g/mol. The Morgan fingerprint density at radius 1 is 1.10 bits per heavy atom. The molecule has 1 N–H and O–H groups in total. The molecule has 0 aliphatic carbocycles. The van der Waals surface area contributed by atoms with E-state index in [4.69, 9.17) is 16.3 Å². The molecule has 0 bridgehead atoms. The zero-order chi connectivity index (χ0) is 21.4. The number of benzene rings is 2. The van der Waals surface area contributed by atoms with Crippen molar-refractivity contribution in [3.05, 3.63) is 59.1 Å². The van der Waals surface area contributed by atoms with Gasteiger partial charge in [-0.15, -0.1) is 11.8 Å². The number of hydrogen-bond acceptors (Lipinski definition) is 5. The third-order valence-corrected chi connectivity index (χ3v) is 7.93. The molecule has 0 saturated carbocycles. The normalized spacial score (nSPS) is 14.6. The molecule has 3 rings (SSSR count). The highest BCUT2D eigenvalue weighted by Gasteiger charge is 2.26. The van der Waals surface area contributed by atoms with Crippen molar-refractivity contribution in [1.82, 2.24) is 9.62 Å². The predicted octanol–water partition coefficient (Wildman–Crippen LogP) is 3.55. The first-order valence-corrected chi connectivity index (χ1v) is 12.7. The number of amides is 1. The van der Waals surface area contributed by atoms with Crippen LogP contribution in [0.25, 0.3) is 0 Å². The van der Waals surface area contributed by atoms with Gasteiger partial charge < -0.3 is 10.1 Å². The maximum absolute atomic E-state index is 12.5. The maximum atomic E-state index is 12.5. The van der Waals surface area contributed by atoms with Crippen LogP contribution >= 0.6 is 23.4 Å². The Balaban J connectivity index is 1.35. The molecule has 0 radical (unpaired) electrons. The Bertz CT molecular complexity index is 946. The minimum atomic E-state index is -3.41. The molecule has 0 atom stereocenters. The van der Waals surface area contributed by atoms with Crippen molar-refractivity contribution in [2.45, 2.75) is 23.5 Å². The fourth-order valence-corrected chi connectivity index (χ4v) is 5.72. The number of hydrogen-bond donors (Lipinski definition) is 1. The molecule has 0 aromatic heterocycles. The number of carbonyl (C=O) groups is 1. The molecular weight excluding hydrogens is 444 g/mol. The molecule has 1 fully saturated rings. The highest BCUT2D eigenvalue weighted by Crippen LogP contribution is 2.23. The number of thioether (sulfide) groups is 1. The van der Waals surface area contributed by atoms with E-state index in [1.165, 1.54) is 16.1 Å². The smallest absolute Gasteiger partial charge is 0.243 e. The minimum absolute atomic E-state index is 0.0669. The lowest BCUT2D eigenvalue weighted by Gasteiger charge is -2.15. The van der Waals surface area contributed by atoms with Gasteiger partial charge in [-0.2, -0.15) is 4.31 Å². The van der Waals surface area contributed by atoms with Crippen LogP contribution < -0.4 is 10.1 Å². The van der Waals surface area contributed by atoms with Crippen LogP contribution in [0, 0.1) is 0 Å². The summed E-state index contributed by atoms with van der Waals surface area (Å²) < 4.78 is 32.1. The van der Waals surface area contributed by atoms with Crippen molar-refractivity contribution >= 4 is 39.3 Å². The van der Waals surface area contributed by atoms with Crippen molar-refractivity contribution in [3.8, 4) is 5.75 Å². The second-order valence-corrected chi connectivity index (χ2v) is 10.2. The molecule has 9 heteroatoms. The van der Waals surface area contributed by atoms with E-state index in [1.54, 1.807) is 24.3 Å². The van der Waals surface area contributed by atoms with Crippen LogP contribution in [0.5, 0.6) is 5.75 Å². The van der Waals surface area contributed by atoms with Crippen molar-refractivity contribution in [2.24, 2.45) is 0 Å². The van der Waals surface area contributed by atoms with Gasteiger partial charge in [0.1, 0.15) is 12.4 Å². The summed E-state index contributed by atoms with van der Waals surface area (Å²) in [6, 6.07) is 14.0. The van der Waals surface area contributed by atoms with Gasteiger partial charge in [0.05, 0.1) is 17.2 Å². The Kier molecular flexibility index (Phi) is 8.44. The van der Waals surface area contributed by atoms with E-state index in [9.17, 15) is 13.2 Å². The third kappa shape index (κ3) is 6.38. The summed E-state index contributed by atoms with van der Waals surface area (Å²) in [5.41, 5.74) is 1.01. The van der Waals surface area contributed by atoms with Crippen LogP contribution in [0.4, 0.5) is 0 Å². The van der Waals surface area contributed by atoms with E-state index in [-0.39, 0.29) is 10.8 Å². The lowest BCUT2D eigenvalue weighted by Crippen LogP contribution is -2.29. The summed E-state index contributed by atoms with van der Waals surface area (Å²) in [5, 5.41) is 3.51. The molecule has 162 valence electrons. The number of ether oxygens (including phenoxy) is 1. The van der Waals surface area contributed by atoms with Gasteiger partial charge in [0.15, 0.2) is 0 Å². The van der Waals surface area contributed by atoms with Crippen molar-refractivity contribution in [1.29, 1.82) is 0 Å². The Labute approximate surface area is 187 Å². The van der Waals surface area contributed by atoms with Gasteiger partial charge in [0, 0.05) is 23.9 Å². The van der Waals surface area contributed by atoms with E-state index in [0.29, 0.717) is 48.5 Å². The van der Waals surface area contributed by atoms with Gasteiger partial charge in [-0.25, -0.2) is 8.42 Å². The van der Waals surface area contributed by atoms with E-state index >= 15 is 0 Å². The van der Waals surface area contributed by atoms with E-state index in [0.717, 1.165) is 18.4 Å². The highest BCUT2D eigenvalue weighted by molar-refractivity contribution is 7.99. The molecule has 6 nitrogen and oxygen atoms in total. The van der Waals surface area contributed by atoms with Gasteiger partial charge in [-0.3, -0.25) is 4.79 Å². The van der Waals surface area contributed by atoms with Crippen molar-refractivity contribution in [2.75, 3.05) is 32.0 Å². The van der Waals surface area contributed by atoms with E-state index in [1.807, 2.05) is 24.3 Å². The largest absolute Gasteiger partial charge is 0.492 e. The summed E-state index contributed by atoms with van der Waals surface area (Å²) in [5.74, 6) is 1.52. The molecule has 2 aromatic carbocycles. The SMILES string of the molecule is O=C(CSCc1ccccc1Cl)NCCOc1ccc(S(=O)(=O)N2CCCC2)cc1. The molecule has 1 aliphatic heterocycles. The average Bonchev–Trinajstić information content (AvgIpc) is 3.29. The highest BCUT2D eigenvalue weighted by atomic mass is 35.5. The number of carbonyl (C=O) groups excluding carboxylic acids is 1. The number of rotatable bonds is 10.